The Morgan fingerprint density at radius 1 is 1.21 bits per heavy atom. The van der Waals surface area contributed by atoms with E-state index in [4.69, 9.17) is 17.3 Å². The van der Waals surface area contributed by atoms with Gasteiger partial charge in [-0.1, -0.05) is 41.9 Å². The molecular weight excluding hydrogens is 260 g/mol. The molecule has 0 aliphatic carbocycles. The molecule has 3 N–H and O–H groups in total. The van der Waals surface area contributed by atoms with E-state index in [1.165, 1.54) is 0 Å². The number of aryl methyl sites for hydroxylation is 1. The fourth-order valence-electron chi connectivity index (χ4n) is 1.91. The van der Waals surface area contributed by atoms with Gasteiger partial charge in [0, 0.05) is 16.3 Å². The molecule has 0 aliphatic heterocycles. The molecule has 0 radical (unpaired) electrons. The molecule has 2 rings (SSSR count). The lowest BCUT2D eigenvalue weighted by Gasteiger charge is -2.18. The van der Waals surface area contributed by atoms with Gasteiger partial charge in [0.25, 0.3) is 0 Å². The van der Waals surface area contributed by atoms with Crippen molar-refractivity contribution < 1.29 is 4.79 Å². The largest absolute Gasteiger partial charge is 0.370 e. The summed E-state index contributed by atoms with van der Waals surface area (Å²) in [5, 5.41) is 3.64. The van der Waals surface area contributed by atoms with Crippen molar-refractivity contribution in [3.63, 3.8) is 0 Å². The second-order valence-electron chi connectivity index (χ2n) is 4.37. The van der Waals surface area contributed by atoms with Gasteiger partial charge in [0.15, 0.2) is 0 Å². The lowest BCUT2D eigenvalue weighted by atomic mass is 10.1. The molecule has 0 saturated heterocycles. The molecule has 2 aromatic carbocycles. The molecule has 0 saturated carbocycles. The number of benzene rings is 2. The van der Waals surface area contributed by atoms with E-state index in [0.717, 1.165) is 11.3 Å². The third kappa shape index (κ3) is 3.26. The van der Waals surface area contributed by atoms with Crippen LogP contribution in [0.5, 0.6) is 0 Å². The van der Waals surface area contributed by atoms with Crippen LogP contribution >= 0.6 is 11.6 Å². The third-order valence-electron chi connectivity index (χ3n) is 2.83. The summed E-state index contributed by atoms with van der Waals surface area (Å²) >= 11 is 6.11. The molecule has 1 unspecified atom stereocenters. The predicted molar refractivity (Wildman–Crippen MR) is 78.2 cm³/mol. The van der Waals surface area contributed by atoms with Crippen molar-refractivity contribution >= 4 is 23.2 Å². The lowest BCUT2D eigenvalue weighted by Crippen LogP contribution is -2.28. The minimum atomic E-state index is -0.643. The number of carbonyl (C=O) groups is 1. The van der Waals surface area contributed by atoms with Crippen LogP contribution in [0, 0.1) is 6.92 Å². The highest BCUT2D eigenvalue weighted by Gasteiger charge is 2.19. The van der Waals surface area contributed by atoms with Gasteiger partial charge in [-0.25, -0.2) is 0 Å². The number of nitrogens with two attached hydrogens (primary N) is 1. The van der Waals surface area contributed by atoms with Crippen molar-refractivity contribution in [3.05, 3.63) is 64.7 Å². The molecule has 0 aliphatic rings. The second kappa shape index (κ2) is 5.76. The Labute approximate surface area is 117 Å². The van der Waals surface area contributed by atoms with Crippen LogP contribution in [0.15, 0.2) is 48.5 Å². The second-order valence-corrected chi connectivity index (χ2v) is 4.78. The van der Waals surface area contributed by atoms with E-state index in [9.17, 15) is 4.79 Å². The summed E-state index contributed by atoms with van der Waals surface area (Å²) in [5.41, 5.74) is 8.08. The van der Waals surface area contributed by atoms with E-state index in [2.05, 4.69) is 5.32 Å². The summed E-state index contributed by atoms with van der Waals surface area (Å²) in [4.78, 5) is 11.6. The van der Waals surface area contributed by atoms with E-state index >= 15 is 0 Å². The normalized spacial score (nSPS) is 11.9. The molecule has 0 spiro atoms. The SMILES string of the molecule is Cc1cccc(NC(C(N)=O)c2ccccc2Cl)c1. The van der Waals surface area contributed by atoms with Crippen LogP contribution in [0.4, 0.5) is 5.69 Å². The van der Waals surface area contributed by atoms with Gasteiger partial charge in [-0.3, -0.25) is 4.79 Å². The molecule has 2 aromatic rings. The summed E-state index contributed by atoms with van der Waals surface area (Å²) in [6.07, 6.45) is 0. The van der Waals surface area contributed by atoms with Gasteiger partial charge in [0.1, 0.15) is 6.04 Å². The van der Waals surface area contributed by atoms with Crippen LogP contribution in [0.2, 0.25) is 5.02 Å². The van der Waals surface area contributed by atoms with Crippen LogP contribution in [0.3, 0.4) is 0 Å². The Kier molecular flexibility index (Phi) is 4.07. The molecule has 0 bridgehead atoms. The van der Waals surface area contributed by atoms with Gasteiger partial charge in [-0.2, -0.15) is 0 Å². The highest BCUT2D eigenvalue weighted by molar-refractivity contribution is 6.31. The van der Waals surface area contributed by atoms with Gasteiger partial charge in [-0.05, 0) is 30.7 Å². The molecule has 1 amide bonds. The standard InChI is InChI=1S/C15H15ClN2O/c1-10-5-4-6-11(9-10)18-14(15(17)19)12-7-2-3-8-13(12)16/h2-9,14,18H,1H3,(H2,17,19). The number of hydrogen-bond donors (Lipinski definition) is 2. The first-order chi connectivity index (χ1) is 9.08. The van der Waals surface area contributed by atoms with Crippen LogP contribution in [0.25, 0.3) is 0 Å². The topological polar surface area (TPSA) is 55.1 Å². The average Bonchev–Trinajstić information content (AvgIpc) is 2.37. The zero-order valence-electron chi connectivity index (χ0n) is 10.6. The van der Waals surface area contributed by atoms with E-state index in [1.807, 2.05) is 43.3 Å². The quantitative estimate of drug-likeness (QED) is 0.899. The Bertz CT molecular complexity index is 598. The molecular formula is C15H15ClN2O. The minimum Gasteiger partial charge on any atom is -0.370 e. The number of primary amides is 1. The molecule has 98 valence electrons. The molecule has 0 aromatic heterocycles. The number of anilines is 1. The van der Waals surface area contributed by atoms with E-state index < -0.39 is 11.9 Å². The first-order valence-electron chi connectivity index (χ1n) is 5.95. The smallest absolute Gasteiger partial charge is 0.244 e. The maximum Gasteiger partial charge on any atom is 0.244 e. The molecule has 0 heterocycles. The fraction of sp³-hybridized carbons (Fsp3) is 0.133. The molecule has 1 atom stereocenters. The summed E-state index contributed by atoms with van der Waals surface area (Å²) < 4.78 is 0. The minimum absolute atomic E-state index is 0.463. The van der Waals surface area contributed by atoms with Crippen molar-refractivity contribution in [1.82, 2.24) is 0 Å². The van der Waals surface area contributed by atoms with E-state index in [0.29, 0.717) is 10.6 Å². The molecule has 4 heteroatoms. The Hall–Kier alpha value is -2.00. The summed E-state index contributed by atoms with van der Waals surface area (Å²) in [6, 6.07) is 14.3. The summed E-state index contributed by atoms with van der Waals surface area (Å²) in [7, 11) is 0. The zero-order valence-corrected chi connectivity index (χ0v) is 11.3. The van der Waals surface area contributed by atoms with Crippen molar-refractivity contribution in [2.45, 2.75) is 13.0 Å². The van der Waals surface area contributed by atoms with Crippen LogP contribution < -0.4 is 11.1 Å². The van der Waals surface area contributed by atoms with E-state index in [-0.39, 0.29) is 0 Å². The van der Waals surface area contributed by atoms with Crippen molar-refractivity contribution in [2.24, 2.45) is 5.73 Å². The van der Waals surface area contributed by atoms with Crippen LogP contribution in [0.1, 0.15) is 17.2 Å². The highest BCUT2D eigenvalue weighted by atomic mass is 35.5. The number of hydrogen-bond acceptors (Lipinski definition) is 2. The molecule has 0 fully saturated rings. The van der Waals surface area contributed by atoms with Crippen LogP contribution in [-0.4, -0.2) is 5.91 Å². The highest BCUT2D eigenvalue weighted by Crippen LogP contribution is 2.26. The molecule has 19 heavy (non-hydrogen) atoms. The van der Waals surface area contributed by atoms with Crippen molar-refractivity contribution in [2.75, 3.05) is 5.32 Å². The fourth-order valence-corrected chi connectivity index (χ4v) is 2.16. The third-order valence-corrected chi connectivity index (χ3v) is 3.17. The van der Waals surface area contributed by atoms with Crippen molar-refractivity contribution in [3.8, 4) is 0 Å². The first-order valence-corrected chi connectivity index (χ1v) is 6.32. The van der Waals surface area contributed by atoms with Gasteiger partial charge in [0.2, 0.25) is 5.91 Å². The van der Waals surface area contributed by atoms with Gasteiger partial charge >= 0.3 is 0 Å². The predicted octanol–water partition coefficient (Wildman–Crippen LogP) is 3.29. The average molecular weight is 275 g/mol. The number of carbonyl (C=O) groups excluding carboxylic acids is 1. The number of halogens is 1. The van der Waals surface area contributed by atoms with Gasteiger partial charge in [-0.15, -0.1) is 0 Å². The Balaban J connectivity index is 2.32. The summed E-state index contributed by atoms with van der Waals surface area (Å²) in [5.74, 6) is -0.463. The monoisotopic (exact) mass is 274 g/mol. The number of amides is 1. The number of nitrogens with one attached hydrogen (secondary N) is 1. The summed E-state index contributed by atoms with van der Waals surface area (Å²) in [6.45, 7) is 1.99. The number of rotatable bonds is 4. The Morgan fingerprint density at radius 3 is 2.58 bits per heavy atom. The lowest BCUT2D eigenvalue weighted by molar-refractivity contribution is -0.118. The Morgan fingerprint density at radius 2 is 1.95 bits per heavy atom. The maximum absolute atomic E-state index is 11.6. The first kappa shape index (κ1) is 13.4. The zero-order chi connectivity index (χ0) is 13.8. The van der Waals surface area contributed by atoms with E-state index in [1.54, 1.807) is 12.1 Å². The van der Waals surface area contributed by atoms with Crippen LogP contribution in [-0.2, 0) is 4.79 Å². The van der Waals surface area contributed by atoms with Crippen molar-refractivity contribution in [1.29, 1.82) is 0 Å². The maximum atomic E-state index is 11.6. The van der Waals surface area contributed by atoms with Gasteiger partial charge in [0.05, 0.1) is 0 Å². The van der Waals surface area contributed by atoms with Gasteiger partial charge < -0.3 is 11.1 Å². The molecule has 3 nitrogen and oxygen atoms in total.